The van der Waals surface area contributed by atoms with Gasteiger partial charge in [0.25, 0.3) is 0 Å². The molecule has 0 radical (unpaired) electrons. The molecular weight excluding hydrogens is 252 g/mol. The third-order valence-corrected chi connectivity index (χ3v) is 4.07. The highest BCUT2D eigenvalue weighted by Crippen LogP contribution is 2.29. The maximum atomic E-state index is 9.30. The first kappa shape index (κ1) is 15.0. The van der Waals surface area contributed by atoms with E-state index in [1.165, 1.54) is 32.1 Å². The summed E-state index contributed by atoms with van der Waals surface area (Å²) in [4.78, 5) is 10.8. The van der Waals surface area contributed by atoms with Gasteiger partial charge in [0.15, 0.2) is 0 Å². The van der Waals surface area contributed by atoms with Crippen LogP contribution >= 0.6 is 0 Å². The molecule has 1 heterocycles. The smallest absolute Gasteiger partial charge is 0.224 e. The van der Waals surface area contributed by atoms with Crippen molar-refractivity contribution in [3.05, 3.63) is 12.3 Å². The van der Waals surface area contributed by atoms with E-state index < -0.39 is 0 Å². The molecule has 5 heteroatoms. The predicted octanol–water partition coefficient (Wildman–Crippen LogP) is 2.29. The minimum absolute atomic E-state index is 0.210. The lowest BCUT2D eigenvalue weighted by Gasteiger charge is -2.30. The van der Waals surface area contributed by atoms with Gasteiger partial charge in [0.05, 0.1) is 0 Å². The minimum Gasteiger partial charge on any atom is -0.396 e. The molecule has 20 heavy (non-hydrogen) atoms. The standard InChI is InChI=1S/C15H26N4O/c1-19(2)14-8-10-16-15(18-14)17-13(9-11-20)12-6-4-3-5-7-12/h8,10,12-13,20H,3-7,9,11H2,1-2H3,(H,16,17,18). The molecule has 0 saturated heterocycles. The van der Waals surface area contributed by atoms with Crippen LogP contribution in [0.5, 0.6) is 0 Å². The number of aliphatic hydroxyl groups excluding tert-OH is 1. The second-order valence-corrected chi connectivity index (χ2v) is 5.79. The number of nitrogens with zero attached hydrogens (tertiary/aromatic N) is 3. The number of aliphatic hydroxyl groups is 1. The number of hydrogen-bond donors (Lipinski definition) is 2. The molecule has 1 unspecified atom stereocenters. The molecule has 1 aliphatic rings. The second kappa shape index (κ2) is 7.43. The van der Waals surface area contributed by atoms with Crippen molar-refractivity contribution in [1.82, 2.24) is 9.97 Å². The summed E-state index contributed by atoms with van der Waals surface area (Å²) in [5.41, 5.74) is 0. The summed E-state index contributed by atoms with van der Waals surface area (Å²) in [5.74, 6) is 2.19. The number of aromatic nitrogens is 2. The Balaban J connectivity index is 2.04. The summed E-state index contributed by atoms with van der Waals surface area (Å²) < 4.78 is 0. The van der Waals surface area contributed by atoms with Gasteiger partial charge in [-0.25, -0.2) is 4.98 Å². The number of nitrogens with one attached hydrogen (secondary N) is 1. The van der Waals surface area contributed by atoms with Crippen molar-refractivity contribution in [2.24, 2.45) is 5.92 Å². The van der Waals surface area contributed by atoms with E-state index in [1.807, 2.05) is 25.1 Å². The van der Waals surface area contributed by atoms with E-state index in [0.29, 0.717) is 11.9 Å². The molecule has 1 aromatic rings. The predicted molar refractivity (Wildman–Crippen MR) is 82.0 cm³/mol. The average molecular weight is 278 g/mol. The van der Waals surface area contributed by atoms with Crippen LogP contribution in [-0.4, -0.2) is 41.8 Å². The van der Waals surface area contributed by atoms with E-state index >= 15 is 0 Å². The Morgan fingerprint density at radius 2 is 2.10 bits per heavy atom. The zero-order valence-corrected chi connectivity index (χ0v) is 12.5. The number of rotatable bonds is 6. The Morgan fingerprint density at radius 3 is 2.75 bits per heavy atom. The second-order valence-electron chi connectivity index (χ2n) is 5.79. The van der Waals surface area contributed by atoms with E-state index in [-0.39, 0.29) is 12.6 Å². The molecule has 2 N–H and O–H groups in total. The van der Waals surface area contributed by atoms with Gasteiger partial charge in [0.2, 0.25) is 5.95 Å². The van der Waals surface area contributed by atoms with Crippen molar-refractivity contribution < 1.29 is 5.11 Å². The van der Waals surface area contributed by atoms with Crippen molar-refractivity contribution >= 4 is 11.8 Å². The van der Waals surface area contributed by atoms with Crippen LogP contribution in [0.15, 0.2) is 12.3 Å². The highest BCUT2D eigenvalue weighted by atomic mass is 16.3. The lowest BCUT2D eigenvalue weighted by Crippen LogP contribution is -2.32. The Kier molecular flexibility index (Phi) is 5.59. The van der Waals surface area contributed by atoms with Crippen LogP contribution in [0.25, 0.3) is 0 Å². The maximum absolute atomic E-state index is 9.30. The van der Waals surface area contributed by atoms with Gasteiger partial charge in [-0.1, -0.05) is 19.3 Å². The molecule has 0 amide bonds. The topological polar surface area (TPSA) is 61.3 Å². The molecule has 1 saturated carbocycles. The van der Waals surface area contributed by atoms with Crippen LogP contribution in [0.3, 0.4) is 0 Å². The average Bonchev–Trinajstić information content (AvgIpc) is 2.48. The summed E-state index contributed by atoms with van der Waals surface area (Å²) >= 11 is 0. The lowest BCUT2D eigenvalue weighted by atomic mass is 9.83. The van der Waals surface area contributed by atoms with Crippen molar-refractivity contribution in [3.63, 3.8) is 0 Å². The van der Waals surface area contributed by atoms with Crippen molar-refractivity contribution in [2.75, 3.05) is 30.9 Å². The SMILES string of the molecule is CN(C)c1ccnc(NC(CCO)C2CCCCC2)n1. The summed E-state index contributed by atoms with van der Waals surface area (Å²) in [6.45, 7) is 0.210. The van der Waals surface area contributed by atoms with Crippen LogP contribution in [0.2, 0.25) is 0 Å². The fraction of sp³-hybridized carbons (Fsp3) is 0.733. The fourth-order valence-corrected chi connectivity index (χ4v) is 2.93. The van der Waals surface area contributed by atoms with Gasteiger partial charge < -0.3 is 15.3 Å². The zero-order chi connectivity index (χ0) is 14.4. The molecule has 1 aliphatic carbocycles. The molecule has 112 valence electrons. The van der Waals surface area contributed by atoms with E-state index in [2.05, 4.69) is 15.3 Å². The van der Waals surface area contributed by atoms with Crippen LogP contribution in [0, 0.1) is 5.92 Å². The van der Waals surface area contributed by atoms with Crippen LogP contribution in [-0.2, 0) is 0 Å². The van der Waals surface area contributed by atoms with Gasteiger partial charge in [-0.15, -0.1) is 0 Å². The van der Waals surface area contributed by atoms with Gasteiger partial charge in [0.1, 0.15) is 5.82 Å². The monoisotopic (exact) mass is 278 g/mol. The number of hydrogen-bond acceptors (Lipinski definition) is 5. The molecule has 1 fully saturated rings. The van der Waals surface area contributed by atoms with Crippen LogP contribution < -0.4 is 10.2 Å². The fourth-order valence-electron chi connectivity index (χ4n) is 2.93. The normalized spacial score (nSPS) is 17.8. The molecule has 5 nitrogen and oxygen atoms in total. The van der Waals surface area contributed by atoms with Gasteiger partial charge in [-0.2, -0.15) is 4.98 Å². The minimum atomic E-state index is 0.210. The lowest BCUT2D eigenvalue weighted by molar-refractivity contribution is 0.238. The molecule has 0 aromatic carbocycles. The largest absolute Gasteiger partial charge is 0.396 e. The molecule has 1 aromatic heterocycles. The Morgan fingerprint density at radius 1 is 1.35 bits per heavy atom. The van der Waals surface area contributed by atoms with Gasteiger partial charge in [0, 0.05) is 32.9 Å². The Labute approximate surface area is 121 Å². The van der Waals surface area contributed by atoms with E-state index in [9.17, 15) is 5.11 Å². The van der Waals surface area contributed by atoms with Gasteiger partial charge in [-0.3, -0.25) is 0 Å². The molecule has 1 atom stereocenters. The van der Waals surface area contributed by atoms with Crippen molar-refractivity contribution in [2.45, 2.75) is 44.6 Å². The molecule has 2 rings (SSSR count). The molecule has 0 aliphatic heterocycles. The number of anilines is 2. The zero-order valence-electron chi connectivity index (χ0n) is 12.5. The molecule has 0 spiro atoms. The van der Waals surface area contributed by atoms with Crippen molar-refractivity contribution in [3.8, 4) is 0 Å². The first-order chi connectivity index (χ1) is 9.70. The maximum Gasteiger partial charge on any atom is 0.224 e. The summed E-state index contributed by atoms with van der Waals surface area (Å²) in [6.07, 6.45) is 8.96. The van der Waals surface area contributed by atoms with Crippen molar-refractivity contribution in [1.29, 1.82) is 0 Å². The first-order valence-electron chi connectivity index (χ1n) is 7.58. The van der Waals surface area contributed by atoms with E-state index in [1.54, 1.807) is 6.20 Å². The third-order valence-electron chi connectivity index (χ3n) is 4.07. The third kappa shape index (κ3) is 4.07. The highest BCUT2D eigenvalue weighted by molar-refractivity contribution is 5.41. The van der Waals surface area contributed by atoms with Crippen LogP contribution in [0.4, 0.5) is 11.8 Å². The first-order valence-corrected chi connectivity index (χ1v) is 7.58. The molecular formula is C15H26N4O. The van der Waals surface area contributed by atoms with Gasteiger partial charge >= 0.3 is 0 Å². The highest BCUT2D eigenvalue weighted by Gasteiger charge is 2.23. The van der Waals surface area contributed by atoms with E-state index in [0.717, 1.165) is 12.2 Å². The van der Waals surface area contributed by atoms with Gasteiger partial charge in [-0.05, 0) is 31.2 Å². The summed E-state index contributed by atoms with van der Waals surface area (Å²) in [6, 6.07) is 2.17. The Hall–Kier alpha value is -1.36. The van der Waals surface area contributed by atoms with E-state index in [4.69, 9.17) is 0 Å². The van der Waals surface area contributed by atoms with Crippen LogP contribution in [0.1, 0.15) is 38.5 Å². The quantitative estimate of drug-likeness (QED) is 0.836. The summed E-state index contributed by atoms with van der Waals surface area (Å²) in [5, 5.41) is 12.7. The summed E-state index contributed by atoms with van der Waals surface area (Å²) in [7, 11) is 3.94. The molecule has 0 bridgehead atoms. The Bertz CT molecular complexity index is 405.